The molecule has 2 aromatic carbocycles. The van der Waals surface area contributed by atoms with Crippen molar-refractivity contribution in [1.29, 1.82) is 0 Å². The van der Waals surface area contributed by atoms with E-state index in [9.17, 15) is 41.1 Å². The van der Waals surface area contributed by atoms with Gasteiger partial charge in [-0.15, -0.1) is 0 Å². The Balaban J connectivity index is 1.41. The lowest BCUT2D eigenvalue weighted by atomic mass is 10.1. The molecule has 0 aliphatic carbocycles. The lowest BCUT2D eigenvalue weighted by molar-refractivity contribution is -0.152. The smallest absolute Gasteiger partial charge is 0.337 e. The van der Waals surface area contributed by atoms with E-state index in [1.807, 2.05) is 0 Å². The fraction of sp³-hybridized carbons (Fsp3) is 0.273. The zero-order valence-electron chi connectivity index (χ0n) is 17.8. The van der Waals surface area contributed by atoms with Crippen molar-refractivity contribution >= 4 is 29.4 Å². The molecule has 1 fully saturated rings. The van der Waals surface area contributed by atoms with Gasteiger partial charge in [-0.25, -0.2) is 18.0 Å². The molecule has 0 atom stereocenters. The molecule has 0 bridgehead atoms. The third-order valence-electron chi connectivity index (χ3n) is 4.86. The van der Waals surface area contributed by atoms with Crippen LogP contribution in [0.2, 0.25) is 0 Å². The second-order valence-electron chi connectivity index (χ2n) is 7.30. The summed E-state index contributed by atoms with van der Waals surface area (Å²) in [5, 5.41) is 2.44. The molecular weight excluding hydrogens is 483 g/mol. The van der Waals surface area contributed by atoms with Gasteiger partial charge in [-0.3, -0.25) is 19.3 Å². The van der Waals surface area contributed by atoms with Crippen LogP contribution in [0.15, 0.2) is 24.3 Å². The van der Waals surface area contributed by atoms with E-state index in [1.165, 1.54) is 4.90 Å². The number of amides is 3. The standard InChI is InChI=1S/C22H17F5N2O6/c23-17-18(24)20(26)22(21(27)19(17)25)35-16(33)10-34-9-13(30)28-12-4-1-11(2-5-12)3-6-14(31)29-8-7-15(29)32/h1-2,4-5H,3,6-10H2,(H,28,30). The summed E-state index contributed by atoms with van der Waals surface area (Å²) >= 11 is 0. The van der Waals surface area contributed by atoms with Crippen molar-refractivity contribution in [2.75, 3.05) is 25.1 Å². The van der Waals surface area contributed by atoms with Crippen molar-refractivity contribution in [2.45, 2.75) is 19.3 Å². The Bertz CT molecular complexity index is 1140. The molecule has 13 heteroatoms. The highest BCUT2D eigenvalue weighted by molar-refractivity contribution is 5.99. The summed E-state index contributed by atoms with van der Waals surface area (Å²) in [4.78, 5) is 47.8. The minimum Gasteiger partial charge on any atom is -0.418 e. The molecule has 8 nitrogen and oxygen atoms in total. The average Bonchev–Trinajstić information content (AvgIpc) is 2.82. The third kappa shape index (κ3) is 6.18. The minimum atomic E-state index is -2.41. The molecule has 0 unspecified atom stereocenters. The van der Waals surface area contributed by atoms with Crippen LogP contribution in [0.5, 0.6) is 5.75 Å². The first-order valence-electron chi connectivity index (χ1n) is 10.1. The van der Waals surface area contributed by atoms with Crippen molar-refractivity contribution in [1.82, 2.24) is 4.90 Å². The molecule has 0 saturated carbocycles. The Morgan fingerprint density at radius 2 is 1.49 bits per heavy atom. The fourth-order valence-electron chi connectivity index (χ4n) is 2.96. The van der Waals surface area contributed by atoms with Crippen LogP contribution in [0.25, 0.3) is 0 Å². The van der Waals surface area contributed by atoms with Crippen LogP contribution in [0, 0.1) is 29.1 Å². The highest BCUT2D eigenvalue weighted by atomic mass is 19.2. The molecular formula is C22H17F5N2O6. The summed E-state index contributed by atoms with van der Waals surface area (Å²) in [6.45, 7) is -1.27. The first kappa shape index (κ1) is 25.7. The molecule has 1 aliphatic heterocycles. The van der Waals surface area contributed by atoms with E-state index in [2.05, 4.69) is 10.1 Å². The van der Waals surface area contributed by atoms with E-state index in [0.29, 0.717) is 25.1 Å². The Kier molecular flexibility index (Phi) is 8.12. The second kappa shape index (κ2) is 11.0. The molecule has 1 aliphatic rings. The number of imide groups is 1. The van der Waals surface area contributed by atoms with Crippen LogP contribution in [0.1, 0.15) is 18.4 Å². The number of nitrogens with zero attached hydrogens (tertiary/aromatic N) is 1. The number of benzene rings is 2. The Morgan fingerprint density at radius 3 is 2.03 bits per heavy atom. The zero-order chi connectivity index (χ0) is 25.7. The molecule has 2 aromatic rings. The number of carbonyl (C=O) groups excluding carboxylic acids is 4. The molecule has 186 valence electrons. The molecule has 1 N–H and O–H groups in total. The molecule has 1 heterocycles. The molecule has 1 saturated heterocycles. The van der Waals surface area contributed by atoms with Gasteiger partial charge < -0.3 is 14.8 Å². The van der Waals surface area contributed by atoms with Gasteiger partial charge in [0.15, 0.2) is 0 Å². The number of anilines is 1. The number of hydrogen-bond donors (Lipinski definition) is 1. The van der Waals surface area contributed by atoms with Crippen LogP contribution in [0.4, 0.5) is 27.6 Å². The Morgan fingerprint density at radius 1 is 0.886 bits per heavy atom. The van der Waals surface area contributed by atoms with E-state index < -0.39 is 59.9 Å². The topological polar surface area (TPSA) is 102 Å². The van der Waals surface area contributed by atoms with Gasteiger partial charge in [-0.05, 0) is 24.1 Å². The molecule has 35 heavy (non-hydrogen) atoms. The van der Waals surface area contributed by atoms with Crippen molar-refractivity contribution in [2.24, 2.45) is 0 Å². The van der Waals surface area contributed by atoms with Crippen molar-refractivity contribution in [3.8, 4) is 5.75 Å². The van der Waals surface area contributed by atoms with Crippen molar-refractivity contribution in [3.63, 3.8) is 0 Å². The van der Waals surface area contributed by atoms with E-state index in [1.54, 1.807) is 24.3 Å². The molecule has 0 spiro atoms. The van der Waals surface area contributed by atoms with Gasteiger partial charge >= 0.3 is 5.97 Å². The van der Waals surface area contributed by atoms with E-state index >= 15 is 0 Å². The number of rotatable bonds is 9. The maximum atomic E-state index is 13.5. The number of halogens is 5. The van der Waals surface area contributed by atoms with Crippen LogP contribution < -0.4 is 10.1 Å². The number of carbonyl (C=O) groups is 4. The lowest BCUT2D eigenvalue weighted by Crippen LogP contribution is -2.47. The molecule has 0 aromatic heterocycles. The van der Waals surface area contributed by atoms with Crippen molar-refractivity contribution < 1.29 is 50.6 Å². The fourth-order valence-corrected chi connectivity index (χ4v) is 2.96. The van der Waals surface area contributed by atoms with Gasteiger partial charge in [0.1, 0.15) is 13.2 Å². The largest absolute Gasteiger partial charge is 0.418 e. The third-order valence-corrected chi connectivity index (χ3v) is 4.86. The number of β-lactam (4-membered cyclic amide) rings is 1. The normalized spacial score (nSPS) is 12.8. The average molecular weight is 500 g/mol. The first-order valence-corrected chi connectivity index (χ1v) is 10.1. The summed E-state index contributed by atoms with van der Waals surface area (Å²) in [6, 6.07) is 6.40. The maximum absolute atomic E-state index is 13.5. The Labute approximate surface area is 194 Å². The number of likely N-dealkylation sites (tertiary alicyclic amines) is 1. The number of hydrogen-bond acceptors (Lipinski definition) is 6. The monoisotopic (exact) mass is 500 g/mol. The highest BCUT2D eigenvalue weighted by Gasteiger charge is 2.30. The van der Waals surface area contributed by atoms with Gasteiger partial charge in [0.2, 0.25) is 52.6 Å². The summed E-state index contributed by atoms with van der Waals surface area (Å²) in [7, 11) is 0. The minimum absolute atomic E-state index is 0.159. The van der Waals surface area contributed by atoms with Gasteiger partial charge in [0.25, 0.3) is 0 Å². The van der Waals surface area contributed by atoms with Gasteiger partial charge in [0, 0.05) is 25.1 Å². The number of ether oxygens (including phenoxy) is 2. The van der Waals surface area contributed by atoms with Crippen LogP contribution in [-0.2, 0) is 30.3 Å². The first-order chi connectivity index (χ1) is 16.6. The lowest BCUT2D eigenvalue weighted by Gasteiger charge is -2.28. The van der Waals surface area contributed by atoms with E-state index in [0.717, 1.165) is 5.56 Å². The predicted octanol–water partition coefficient (Wildman–Crippen LogP) is 2.63. The zero-order valence-corrected chi connectivity index (χ0v) is 17.8. The predicted molar refractivity (Wildman–Crippen MR) is 107 cm³/mol. The van der Waals surface area contributed by atoms with Gasteiger partial charge in [-0.2, -0.15) is 8.78 Å². The number of esters is 1. The highest BCUT2D eigenvalue weighted by Crippen LogP contribution is 2.29. The van der Waals surface area contributed by atoms with Crippen LogP contribution in [-0.4, -0.2) is 48.3 Å². The van der Waals surface area contributed by atoms with Crippen LogP contribution in [0.3, 0.4) is 0 Å². The number of nitrogens with one attached hydrogen (secondary N) is 1. The molecule has 3 rings (SSSR count). The summed E-state index contributed by atoms with van der Waals surface area (Å²) in [5.74, 6) is -16.1. The quantitative estimate of drug-likeness (QED) is 0.142. The van der Waals surface area contributed by atoms with E-state index in [-0.39, 0.29) is 18.2 Å². The summed E-state index contributed by atoms with van der Waals surface area (Å²) in [6.07, 6.45) is 0.924. The summed E-state index contributed by atoms with van der Waals surface area (Å²) in [5.41, 5.74) is 1.15. The van der Waals surface area contributed by atoms with Crippen LogP contribution >= 0.6 is 0 Å². The van der Waals surface area contributed by atoms with Gasteiger partial charge in [-0.1, -0.05) is 12.1 Å². The summed E-state index contributed by atoms with van der Waals surface area (Å²) < 4.78 is 75.1. The van der Waals surface area contributed by atoms with E-state index in [4.69, 9.17) is 4.74 Å². The molecule has 0 radical (unpaired) electrons. The Hall–Kier alpha value is -3.87. The number of aryl methyl sites for hydroxylation is 1. The van der Waals surface area contributed by atoms with Gasteiger partial charge in [0.05, 0.1) is 0 Å². The maximum Gasteiger partial charge on any atom is 0.337 e. The second-order valence-corrected chi connectivity index (χ2v) is 7.30. The van der Waals surface area contributed by atoms with Crippen molar-refractivity contribution in [3.05, 3.63) is 58.9 Å². The SMILES string of the molecule is O=C(COCC(=O)Oc1c(F)c(F)c(F)c(F)c1F)Nc1ccc(CCC(=O)N2CCC2=O)cc1. The molecule has 3 amide bonds.